The number of anilines is 1. The highest BCUT2D eigenvalue weighted by atomic mass is 28.4. The Balaban J connectivity index is 1.36. The number of fused-ring (bicyclic) bond motifs is 8. The SMILES string of the molecule is CCN(CC)[C@@H]1c2onc(OCc3ccccc3)c2C(=O)C2(O[Si](C)(C)C(C)(C)C)C(=O)C3=C(O)c4c(OC(=O)OC(C)(C)C)cc5c(c4C[C@H]3C[C@@H]12)N(C)CC1CCN(C)C51. The molecule has 3 unspecified atom stereocenters. The van der Waals surface area contributed by atoms with Gasteiger partial charge >= 0.3 is 6.16 Å². The number of aliphatic hydroxyl groups excluding tert-OH is 1. The van der Waals surface area contributed by atoms with Gasteiger partial charge in [-0.25, -0.2) is 4.79 Å². The highest BCUT2D eigenvalue weighted by Gasteiger charge is 2.69. The van der Waals surface area contributed by atoms with Crippen molar-refractivity contribution in [3.05, 3.63) is 75.5 Å². The molecule has 13 nitrogen and oxygen atoms in total. The van der Waals surface area contributed by atoms with Crippen molar-refractivity contribution >= 4 is 37.5 Å². The van der Waals surface area contributed by atoms with Crippen molar-refractivity contribution in [3.8, 4) is 11.6 Å². The highest BCUT2D eigenvalue weighted by molar-refractivity contribution is 6.74. The first-order chi connectivity index (χ1) is 29.1. The van der Waals surface area contributed by atoms with Crippen LogP contribution in [0, 0.1) is 17.8 Å². The Morgan fingerprint density at radius 2 is 1.73 bits per heavy atom. The lowest BCUT2D eigenvalue weighted by atomic mass is 9.56. The lowest BCUT2D eigenvalue weighted by Crippen LogP contribution is -2.68. The molecule has 3 heterocycles. The molecule has 0 amide bonds. The molecule has 1 saturated carbocycles. The van der Waals surface area contributed by atoms with Crippen LogP contribution in [0.2, 0.25) is 18.1 Å². The number of aromatic nitrogens is 1. The standard InChI is InChI=1S/C48H64N4O9Si/c1-13-52(14-2)39-32-23-29-22-30-35(33(58-45(56)59-46(3,4)5)24-31-37-28(20-21-50(37)9)25-51(10)38(30)31)40(53)34(29)42(54)48(32,61-62(11,12)47(6,7)8)43(55)36-41(39)60-49-44(36)57-26-27-18-16-15-17-19-27/h15-19,24,28-29,32,37,39,53H,13-14,20-23,25-26H2,1-12H3/t28?,29-,32-,37?,39-,48?/m0/s1. The van der Waals surface area contributed by atoms with Gasteiger partial charge in [-0.05, 0) is 125 Å². The first-order valence-electron chi connectivity index (χ1n) is 22.3. The molecule has 5 aliphatic rings. The van der Waals surface area contributed by atoms with E-state index in [1.165, 1.54) is 0 Å². The maximum atomic E-state index is 16.2. The van der Waals surface area contributed by atoms with E-state index in [4.69, 9.17) is 23.2 Å². The van der Waals surface area contributed by atoms with Crippen LogP contribution in [0.15, 0.2) is 46.5 Å². The van der Waals surface area contributed by atoms with Crippen molar-refractivity contribution in [1.29, 1.82) is 0 Å². The molecule has 8 rings (SSSR count). The molecule has 1 aromatic heterocycles. The normalized spacial score (nSPS) is 26.1. The van der Waals surface area contributed by atoms with Gasteiger partial charge in [0, 0.05) is 36.8 Å². The third-order valence-electron chi connectivity index (χ3n) is 14.5. The summed E-state index contributed by atoms with van der Waals surface area (Å²) in [6.45, 7) is 22.8. The van der Waals surface area contributed by atoms with E-state index in [0.29, 0.717) is 37.6 Å². The topological polar surface area (TPSA) is 144 Å². The van der Waals surface area contributed by atoms with E-state index in [0.717, 1.165) is 41.9 Å². The number of ether oxygens (including phenoxy) is 3. The first-order valence-corrected chi connectivity index (χ1v) is 25.2. The van der Waals surface area contributed by atoms with Crippen LogP contribution in [0.5, 0.6) is 11.6 Å². The predicted molar refractivity (Wildman–Crippen MR) is 238 cm³/mol. The minimum Gasteiger partial charge on any atom is -0.507 e. The van der Waals surface area contributed by atoms with Crippen molar-refractivity contribution in [2.24, 2.45) is 17.8 Å². The first kappa shape index (κ1) is 44.1. The van der Waals surface area contributed by atoms with E-state index in [2.05, 4.69) is 68.6 Å². The fourth-order valence-corrected chi connectivity index (χ4v) is 12.2. The summed E-state index contributed by atoms with van der Waals surface area (Å²) >= 11 is 0. The minimum atomic E-state index is -2.97. The Kier molecular flexibility index (Phi) is 11.1. The zero-order valence-corrected chi connectivity index (χ0v) is 39.5. The van der Waals surface area contributed by atoms with E-state index in [9.17, 15) is 9.90 Å². The van der Waals surface area contributed by atoms with Gasteiger partial charge < -0.3 is 33.2 Å². The molecule has 334 valence electrons. The third-order valence-corrected chi connectivity index (χ3v) is 18.9. The molecular formula is C48H64N4O9Si. The summed E-state index contributed by atoms with van der Waals surface area (Å²) in [5, 5.41) is 16.9. The van der Waals surface area contributed by atoms with Crippen LogP contribution >= 0.6 is 0 Å². The summed E-state index contributed by atoms with van der Waals surface area (Å²) < 4.78 is 31.6. The summed E-state index contributed by atoms with van der Waals surface area (Å²) in [6.07, 6.45) is 0.798. The minimum absolute atomic E-state index is 0.00248. The molecule has 1 saturated heterocycles. The van der Waals surface area contributed by atoms with Crippen molar-refractivity contribution in [3.63, 3.8) is 0 Å². The third kappa shape index (κ3) is 7.09. The highest BCUT2D eigenvalue weighted by Crippen LogP contribution is 2.61. The summed E-state index contributed by atoms with van der Waals surface area (Å²) in [7, 11) is 1.22. The molecule has 3 aromatic rings. The molecule has 2 aromatic carbocycles. The van der Waals surface area contributed by atoms with Crippen LogP contribution in [0.4, 0.5) is 10.5 Å². The molecule has 14 heteroatoms. The maximum absolute atomic E-state index is 16.2. The van der Waals surface area contributed by atoms with Gasteiger partial charge in [0.25, 0.3) is 5.88 Å². The van der Waals surface area contributed by atoms with Gasteiger partial charge in [0.2, 0.25) is 11.6 Å². The van der Waals surface area contributed by atoms with E-state index in [1.54, 1.807) is 20.8 Å². The molecule has 3 aliphatic carbocycles. The number of hydrogen-bond donors (Lipinski definition) is 1. The summed E-state index contributed by atoms with van der Waals surface area (Å²) in [4.78, 5) is 52.4. The van der Waals surface area contributed by atoms with Crippen LogP contribution in [-0.2, 0) is 27.0 Å². The lowest BCUT2D eigenvalue weighted by Gasteiger charge is -2.55. The van der Waals surface area contributed by atoms with Crippen molar-refractivity contribution in [2.75, 3.05) is 45.2 Å². The molecule has 1 N–H and O–H groups in total. The number of rotatable bonds is 9. The van der Waals surface area contributed by atoms with E-state index < -0.39 is 60.2 Å². The second kappa shape index (κ2) is 15.6. The van der Waals surface area contributed by atoms with Crippen molar-refractivity contribution in [2.45, 2.75) is 123 Å². The van der Waals surface area contributed by atoms with Gasteiger partial charge in [-0.1, -0.05) is 65.0 Å². The van der Waals surface area contributed by atoms with Crippen molar-refractivity contribution in [1.82, 2.24) is 15.0 Å². The number of nitrogens with zero attached hydrogens (tertiary/aromatic N) is 4. The number of carbonyl (C=O) groups is 3. The van der Waals surface area contributed by atoms with Crippen LogP contribution in [0.1, 0.15) is 119 Å². The number of hydrogen-bond acceptors (Lipinski definition) is 13. The Morgan fingerprint density at radius 3 is 2.37 bits per heavy atom. The van der Waals surface area contributed by atoms with E-state index >= 15 is 9.59 Å². The second-order valence-electron chi connectivity index (χ2n) is 20.5. The number of likely N-dealkylation sites (tertiary alicyclic amines) is 1. The molecule has 62 heavy (non-hydrogen) atoms. The Hall–Kier alpha value is -4.50. The second-order valence-corrected chi connectivity index (χ2v) is 25.2. The molecule has 0 bridgehead atoms. The van der Waals surface area contributed by atoms with E-state index in [-0.39, 0.29) is 46.7 Å². The maximum Gasteiger partial charge on any atom is 0.514 e. The summed E-state index contributed by atoms with van der Waals surface area (Å²) in [5.74, 6) is -1.83. The molecule has 0 spiro atoms. The van der Waals surface area contributed by atoms with Gasteiger partial charge in [-0.2, -0.15) is 0 Å². The zero-order chi connectivity index (χ0) is 44.8. The fourth-order valence-electron chi connectivity index (χ4n) is 10.7. The van der Waals surface area contributed by atoms with Gasteiger partial charge in [-0.3, -0.25) is 19.4 Å². The molecule has 0 radical (unpaired) electrons. The average Bonchev–Trinajstić information content (AvgIpc) is 3.78. The zero-order valence-electron chi connectivity index (χ0n) is 38.5. The number of Topliss-reactive ketones (excluding diaryl/α,β-unsaturated/α-hetero) is 2. The van der Waals surface area contributed by atoms with Gasteiger partial charge in [0.05, 0.1) is 11.6 Å². The van der Waals surface area contributed by atoms with Gasteiger partial charge in [-0.15, -0.1) is 0 Å². The smallest absolute Gasteiger partial charge is 0.507 e. The van der Waals surface area contributed by atoms with Crippen LogP contribution in [-0.4, -0.2) is 97.6 Å². The quantitative estimate of drug-likeness (QED) is 0.0946. The predicted octanol–water partition coefficient (Wildman–Crippen LogP) is 9.08. The largest absolute Gasteiger partial charge is 0.514 e. The molecule has 2 aliphatic heterocycles. The molecule has 6 atom stereocenters. The Labute approximate surface area is 366 Å². The summed E-state index contributed by atoms with van der Waals surface area (Å²) in [6, 6.07) is 10.9. The number of ketones is 2. The number of benzene rings is 2. The Bertz CT molecular complexity index is 2310. The van der Waals surface area contributed by atoms with Crippen LogP contribution in [0.3, 0.4) is 0 Å². The number of aliphatic hydroxyl groups is 1. The van der Waals surface area contributed by atoms with Crippen LogP contribution in [0.25, 0.3) is 5.76 Å². The lowest BCUT2D eigenvalue weighted by molar-refractivity contribution is -0.141. The van der Waals surface area contributed by atoms with Crippen LogP contribution < -0.4 is 14.4 Å². The Morgan fingerprint density at radius 1 is 1.03 bits per heavy atom. The average molecular weight is 869 g/mol. The molecule has 2 fully saturated rings. The summed E-state index contributed by atoms with van der Waals surface area (Å²) in [5.41, 5.74) is 1.22. The van der Waals surface area contributed by atoms with Gasteiger partial charge in [0.1, 0.15) is 29.3 Å². The molecular weight excluding hydrogens is 805 g/mol. The van der Waals surface area contributed by atoms with Crippen molar-refractivity contribution < 1.29 is 42.6 Å². The monoisotopic (exact) mass is 868 g/mol. The van der Waals surface area contributed by atoms with E-state index in [1.807, 2.05) is 49.5 Å². The fraction of sp³-hybridized carbons (Fsp3) is 0.583. The van der Waals surface area contributed by atoms with Gasteiger partial charge in [0.15, 0.2) is 19.7 Å². The number of carbonyl (C=O) groups excluding carboxylic acids is 3.